The zero-order chi connectivity index (χ0) is 15.3. The number of ketones is 1. The summed E-state index contributed by atoms with van der Waals surface area (Å²) in [6.07, 6.45) is -0.210. The average Bonchev–Trinajstić information content (AvgIpc) is 2.37. The number of hydrogen-bond acceptors (Lipinski definition) is 7. The van der Waals surface area contributed by atoms with E-state index in [0.29, 0.717) is 0 Å². The Morgan fingerprint density at radius 1 is 1.10 bits per heavy atom. The smallest absolute Gasteiger partial charge is 0.302 e. The van der Waals surface area contributed by atoms with Crippen LogP contribution in [-0.4, -0.2) is 28.2 Å². The van der Waals surface area contributed by atoms with Gasteiger partial charge in [-0.25, -0.2) is 0 Å². The fourth-order valence-corrected chi connectivity index (χ4v) is 1.40. The molecule has 1 rings (SSSR count). The molecule has 9 nitrogen and oxygen atoms in total. The van der Waals surface area contributed by atoms with Crippen LogP contribution in [0.3, 0.4) is 0 Å². The number of carbonyl (C=O) groups is 2. The summed E-state index contributed by atoms with van der Waals surface area (Å²) in [5.41, 5.74) is -1.26. The Morgan fingerprint density at radius 2 is 1.60 bits per heavy atom. The third-order valence-electron chi connectivity index (χ3n) is 2.28. The molecule has 0 saturated carbocycles. The molecule has 0 unspecified atom stereocenters. The molecule has 0 aliphatic rings. The fraction of sp³-hybridized carbons (Fsp3) is 0.273. The Balaban J connectivity index is 2.98. The van der Waals surface area contributed by atoms with E-state index >= 15 is 0 Å². The van der Waals surface area contributed by atoms with Gasteiger partial charge in [-0.15, -0.1) is 0 Å². The Hall–Kier alpha value is -2.84. The molecule has 20 heavy (non-hydrogen) atoms. The molecule has 0 N–H and O–H groups in total. The van der Waals surface area contributed by atoms with Gasteiger partial charge in [0.1, 0.15) is 0 Å². The van der Waals surface area contributed by atoms with Gasteiger partial charge in [-0.05, 0) is 0 Å². The lowest BCUT2D eigenvalue weighted by Gasteiger charge is -2.02. The van der Waals surface area contributed by atoms with E-state index in [2.05, 4.69) is 4.74 Å². The van der Waals surface area contributed by atoms with E-state index in [1.54, 1.807) is 0 Å². The molecule has 1 aromatic carbocycles. The minimum absolute atomic E-state index is 0.168. The van der Waals surface area contributed by atoms with Crippen LogP contribution in [0.5, 0.6) is 0 Å². The maximum atomic E-state index is 11.7. The van der Waals surface area contributed by atoms with E-state index in [1.807, 2.05) is 0 Å². The number of nitro groups is 2. The maximum absolute atomic E-state index is 11.7. The third kappa shape index (κ3) is 4.12. The van der Waals surface area contributed by atoms with Gasteiger partial charge in [-0.3, -0.25) is 29.8 Å². The predicted molar refractivity (Wildman–Crippen MR) is 65.3 cm³/mol. The van der Waals surface area contributed by atoms with Crippen molar-refractivity contribution in [1.82, 2.24) is 0 Å². The van der Waals surface area contributed by atoms with Crippen LogP contribution in [0.1, 0.15) is 23.7 Å². The molecular formula is C11H10N2O7. The lowest BCUT2D eigenvalue weighted by Crippen LogP contribution is -2.08. The normalized spacial score (nSPS) is 9.85. The third-order valence-corrected chi connectivity index (χ3v) is 2.28. The Labute approximate surface area is 112 Å². The average molecular weight is 282 g/mol. The van der Waals surface area contributed by atoms with Gasteiger partial charge in [-0.1, -0.05) is 0 Å². The summed E-state index contributed by atoms with van der Waals surface area (Å²) in [5, 5.41) is 21.3. The zero-order valence-corrected chi connectivity index (χ0v) is 10.4. The number of carbonyl (C=O) groups excluding carboxylic acids is 2. The van der Waals surface area contributed by atoms with Gasteiger partial charge in [0.15, 0.2) is 5.78 Å². The van der Waals surface area contributed by atoms with E-state index in [-0.39, 0.29) is 18.6 Å². The standard InChI is InChI=1S/C11H10N2O7/c1-7(14)20-3-2-11(15)8-4-9(12(16)17)6-10(5-8)13(18)19/h4-6H,2-3H2,1H3. The topological polar surface area (TPSA) is 130 Å². The number of esters is 1. The van der Waals surface area contributed by atoms with Crippen LogP contribution in [0.25, 0.3) is 0 Å². The number of ether oxygens (including phenoxy) is 1. The summed E-state index contributed by atoms with van der Waals surface area (Å²) in [6.45, 7) is 0.979. The van der Waals surface area contributed by atoms with Crippen LogP contribution in [0.2, 0.25) is 0 Å². The fourth-order valence-electron chi connectivity index (χ4n) is 1.40. The first-order chi connectivity index (χ1) is 9.31. The van der Waals surface area contributed by atoms with Gasteiger partial charge in [0, 0.05) is 31.0 Å². The second-order valence-corrected chi connectivity index (χ2v) is 3.77. The van der Waals surface area contributed by atoms with Gasteiger partial charge in [0.2, 0.25) is 0 Å². The van der Waals surface area contributed by atoms with Crippen molar-refractivity contribution in [2.75, 3.05) is 6.61 Å². The van der Waals surface area contributed by atoms with Crippen molar-refractivity contribution in [3.63, 3.8) is 0 Å². The Morgan fingerprint density at radius 3 is 2.00 bits per heavy atom. The quantitative estimate of drug-likeness (QED) is 0.335. The molecular weight excluding hydrogens is 272 g/mol. The summed E-state index contributed by atoms with van der Waals surface area (Å²) in [4.78, 5) is 41.9. The second-order valence-electron chi connectivity index (χ2n) is 3.77. The minimum atomic E-state index is -0.824. The van der Waals surface area contributed by atoms with Crippen LogP contribution < -0.4 is 0 Å². The molecule has 0 spiro atoms. The highest BCUT2D eigenvalue weighted by atomic mass is 16.6. The Kier molecular flexibility index (Phi) is 4.84. The number of non-ortho nitro benzene ring substituents is 2. The molecule has 0 aliphatic carbocycles. The van der Waals surface area contributed by atoms with Crippen molar-refractivity contribution in [2.24, 2.45) is 0 Å². The summed E-state index contributed by atoms with van der Waals surface area (Å²) in [6, 6.07) is 2.66. The first-order valence-electron chi connectivity index (χ1n) is 5.41. The van der Waals surface area contributed by atoms with Crippen LogP contribution in [-0.2, 0) is 9.53 Å². The molecule has 0 bridgehead atoms. The number of nitro benzene ring substituents is 2. The van der Waals surface area contributed by atoms with Gasteiger partial charge in [-0.2, -0.15) is 0 Å². The van der Waals surface area contributed by atoms with E-state index in [0.717, 1.165) is 18.2 Å². The van der Waals surface area contributed by atoms with Crippen LogP contribution in [0.4, 0.5) is 11.4 Å². The van der Waals surface area contributed by atoms with Gasteiger partial charge in [0.25, 0.3) is 11.4 Å². The molecule has 0 atom stereocenters. The highest BCUT2D eigenvalue weighted by Crippen LogP contribution is 2.23. The monoisotopic (exact) mass is 282 g/mol. The maximum Gasteiger partial charge on any atom is 0.302 e. The van der Waals surface area contributed by atoms with E-state index in [4.69, 9.17) is 0 Å². The zero-order valence-electron chi connectivity index (χ0n) is 10.4. The van der Waals surface area contributed by atoms with Crippen molar-refractivity contribution in [3.05, 3.63) is 44.0 Å². The van der Waals surface area contributed by atoms with Gasteiger partial charge < -0.3 is 4.74 Å². The lowest BCUT2D eigenvalue weighted by molar-refractivity contribution is -0.394. The highest BCUT2D eigenvalue weighted by molar-refractivity contribution is 5.97. The number of benzene rings is 1. The summed E-state index contributed by atoms with van der Waals surface area (Å²) >= 11 is 0. The van der Waals surface area contributed by atoms with Crippen molar-refractivity contribution in [1.29, 1.82) is 0 Å². The molecule has 9 heteroatoms. The lowest BCUT2D eigenvalue weighted by atomic mass is 10.1. The largest absolute Gasteiger partial charge is 0.465 e. The minimum Gasteiger partial charge on any atom is -0.465 e. The molecule has 0 aliphatic heterocycles. The van der Waals surface area contributed by atoms with Crippen molar-refractivity contribution >= 4 is 23.1 Å². The van der Waals surface area contributed by atoms with Crippen LogP contribution in [0, 0.1) is 20.2 Å². The number of hydrogen-bond donors (Lipinski definition) is 0. The van der Waals surface area contributed by atoms with E-state index in [1.165, 1.54) is 6.92 Å². The van der Waals surface area contributed by atoms with Gasteiger partial charge in [0.05, 0.1) is 22.5 Å². The van der Waals surface area contributed by atoms with Crippen molar-refractivity contribution < 1.29 is 24.2 Å². The van der Waals surface area contributed by atoms with Crippen molar-refractivity contribution in [2.45, 2.75) is 13.3 Å². The van der Waals surface area contributed by atoms with Gasteiger partial charge >= 0.3 is 5.97 Å². The van der Waals surface area contributed by atoms with Crippen molar-refractivity contribution in [3.8, 4) is 0 Å². The van der Waals surface area contributed by atoms with E-state index < -0.39 is 33.0 Å². The molecule has 0 radical (unpaired) electrons. The van der Waals surface area contributed by atoms with Crippen LogP contribution >= 0.6 is 0 Å². The molecule has 0 aromatic heterocycles. The van der Waals surface area contributed by atoms with E-state index in [9.17, 15) is 29.8 Å². The Bertz CT molecular complexity index is 550. The second kappa shape index (κ2) is 6.36. The molecule has 0 saturated heterocycles. The predicted octanol–water partition coefficient (Wildman–Crippen LogP) is 1.64. The SMILES string of the molecule is CC(=O)OCCC(=O)c1cc([N+](=O)[O-])cc([N+](=O)[O-])c1. The number of Topliss-reactive ketones (excluding diaryl/α,β-unsaturated/α-hetero) is 1. The first kappa shape index (κ1) is 15.2. The number of rotatable bonds is 6. The molecule has 1 aromatic rings. The molecule has 0 amide bonds. The summed E-state index contributed by atoms with van der Waals surface area (Å²) in [5.74, 6) is -1.15. The molecule has 0 fully saturated rings. The molecule has 0 heterocycles. The highest BCUT2D eigenvalue weighted by Gasteiger charge is 2.19. The summed E-state index contributed by atoms with van der Waals surface area (Å²) in [7, 11) is 0. The van der Waals surface area contributed by atoms with Crippen LogP contribution in [0.15, 0.2) is 18.2 Å². The molecule has 106 valence electrons. The summed E-state index contributed by atoms with van der Waals surface area (Å²) < 4.78 is 4.56. The number of nitrogens with zero attached hydrogens (tertiary/aromatic N) is 2. The first-order valence-corrected chi connectivity index (χ1v) is 5.41.